The van der Waals surface area contributed by atoms with Gasteiger partial charge in [-0.1, -0.05) is 6.07 Å². The fourth-order valence-electron chi connectivity index (χ4n) is 3.33. The summed E-state index contributed by atoms with van der Waals surface area (Å²) in [7, 11) is 1.46. The maximum Gasteiger partial charge on any atom is 0.266 e. The van der Waals surface area contributed by atoms with Crippen LogP contribution in [-0.2, 0) is 11.3 Å². The summed E-state index contributed by atoms with van der Waals surface area (Å²) in [5, 5.41) is 5.50. The van der Waals surface area contributed by atoms with Gasteiger partial charge in [-0.25, -0.2) is 8.78 Å². The molecule has 0 aliphatic heterocycles. The number of anilines is 2. The molecule has 2 aromatic carbocycles. The summed E-state index contributed by atoms with van der Waals surface area (Å²) >= 11 is 1.14. The predicted octanol–water partition coefficient (Wildman–Crippen LogP) is 5.73. The van der Waals surface area contributed by atoms with Crippen LogP contribution in [0.3, 0.4) is 0 Å². The fraction of sp³-hybridized carbons (Fsp3) is 0.130. The molecule has 0 aliphatic carbocycles. The number of rotatable bonds is 6. The first-order valence-corrected chi connectivity index (χ1v) is 10.4. The Morgan fingerprint density at radius 3 is 2.59 bits per heavy atom. The third-order valence-electron chi connectivity index (χ3n) is 4.83. The van der Waals surface area contributed by atoms with E-state index in [-0.39, 0.29) is 28.4 Å². The summed E-state index contributed by atoms with van der Waals surface area (Å²) in [6.45, 7) is 1.67. The number of carbonyl (C=O) groups excluding carboxylic acids is 2. The average Bonchev–Trinajstić information content (AvgIpc) is 3.35. The highest BCUT2D eigenvalue weighted by Gasteiger charge is 2.21. The number of nitrogens with one attached hydrogen (secondary N) is 2. The van der Waals surface area contributed by atoms with Crippen LogP contribution in [0.2, 0.25) is 0 Å². The van der Waals surface area contributed by atoms with E-state index < -0.39 is 23.4 Å². The van der Waals surface area contributed by atoms with E-state index in [1.807, 2.05) is 0 Å². The molecule has 0 atom stereocenters. The summed E-state index contributed by atoms with van der Waals surface area (Å²) < 4.78 is 39.5. The molecule has 0 unspecified atom stereocenters. The highest BCUT2D eigenvalue weighted by molar-refractivity contribution is 7.21. The molecule has 4 aromatic rings. The van der Waals surface area contributed by atoms with Crippen LogP contribution in [0.5, 0.6) is 0 Å². The molecule has 0 aliphatic rings. The second-order valence-corrected chi connectivity index (χ2v) is 8.00. The van der Waals surface area contributed by atoms with Gasteiger partial charge in [0.1, 0.15) is 17.4 Å². The molecule has 0 fully saturated rings. The summed E-state index contributed by atoms with van der Waals surface area (Å²) in [4.78, 5) is 25.6. The topological polar surface area (TPSA) is 80.6 Å². The lowest BCUT2D eigenvalue weighted by molar-refractivity contribution is 0.101. The molecule has 2 heterocycles. The first-order valence-electron chi connectivity index (χ1n) is 9.54. The Morgan fingerprint density at radius 1 is 1.06 bits per heavy atom. The van der Waals surface area contributed by atoms with Gasteiger partial charge in [0.15, 0.2) is 0 Å². The van der Waals surface area contributed by atoms with Gasteiger partial charge in [-0.2, -0.15) is 0 Å². The van der Waals surface area contributed by atoms with Gasteiger partial charge in [-0.15, -0.1) is 11.3 Å². The molecule has 0 bridgehead atoms. The van der Waals surface area contributed by atoms with Crippen LogP contribution >= 0.6 is 11.3 Å². The van der Waals surface area contributed by atoms with Gasteiger partial charge in [0.05, 0.1) is 29.0 Å². The number of furan rings is 1. The van der Waals surface area contributed by atoms with Crippen molar-refractivity contribution in [3.8, 4) is 0 Å². The highest BCUT2D eigenvalue weighted by atomic mass is 32.1. The molecule has 6 nitrogen and oxygen atoms in total. The molecule has 164 valence electrons. The lowest BCUT2D eigenvalue weighted by Crippen LogP contribution is -2.15. The van der Waals surface area contributed by atoms with Crippen molar-refractivity contribution in [3.63, 3.8) is 0 Å². The van der Waals surface area contributed by atoms with Crippen LogP contribution in [0.1, 0.15) is 31.4 Å². The molecule has 2 amide bonds. The number of hydrogen-bond acceptors (Lipinski definition) is 5. The molecule has 4 rings (SSSR count). The van der Waals surface area contributed by atoms with E-state index in [4.69, 9.17) is 9.15 Å². The first-order chi connectivity index (χ1) is 15.4. The van der Waals surface area contributed by atoms with Gasteiger partial charge in [-0.3, -0.25) is 9.59 Å². The first kappa shape index (κ1) is 21.7. The Labute approximate surface area is 185 Å². The average molecular weight is 456 g/mol. The second-order valence-electron chi connectivity index (χ2n) is 6.95. The number of methoxy groups -OCH3 is 1. The summed E-state index contributed by atoms with van der Waals surface area (Å²) in [6, 6.07) is 9.92. The lowest BCUT2D eigenvalue weighted by Gasteiger charge is -2.10. The van der Waals surface area contributed by atoms with E-state index in [1.165, 1.54) is 37.6 Å². The SMILES string of the molecule is COCc1c(C(=O)Nc2ccc(F)c(NC(=O)c3ccoc3C)c2)sc2cccc(F)c12. The van der Waals surface area contributed by atoms with Crippen molar-refractivity contribution in [3.05, 3.63) is 82.1 Å². The van der Waals surface area contributed by atoms with Crippen LogP contribution in [0.4, 0.5) is 20.2 Å². The molecule has 2 aromatic heterocycles. The van der Waals surface area contributed by atoms with E-state index in [0.717, 1.165) is 17.4 Å². The minimum absolute atomic E-state index is 0.0540. The number of halogens is 2. The Hall–Kier alpha value is -3.56. The zero-order valence-electron chi connectivity index (χ0n) is 17.1. The Balaban J connectivity index is 1.61. The summed E-state index contributed by atoms with van der Waals surface area (Å²) in [5.74, 6) is -1.74. The van der Waals surface area contributed by atoms with Crippen LogP contribution < -0.4 is 10.6 Å². The third-order valence-corrected chi connectivity index (χ3v) is 6.03. The number of thiophene rings is 1. The molecular weight excluding hydrogens is 438 g/mol. The maximum absolute atomic E-state index is 14.4. The van der Waals surface area contributed by atoms with Crippen molar-refractivity contribution in [2.45, 2.75) is 13.5 Å². The molecule has 9 heteroatoms. The van der Waals surface area contributed by atoms with Gasteiger partial charge in [0.25, 0.3) is 11.8 Å². The van der Waals surface area contributed by atoms with Gasteiger partial charge in [0, 0.05) is 28.4 Å². The van der Waals surface area contributed by atoms with E-state index in [0.29, 0.717) is 21.4 Å². The maximum atomic E-state index is 14.4. The quantitative estimate of drug-likeness (QED) is 0.388. The molecular formula is C23H18F2N2O4S. The van der Waals surface area contributed by atoms with Crippen LogP contribution in [0.25, 0.3) is 10.1 Å². The van der Waals surface area contributed by atoms with Crippen LogP contribution in [0, 0.1) is 18.6 Å². The Kier molecular flexibility index (Phi) is 6.02. The number of ether oxygens (including phenoxy) is 1. The van der Waals surface area contributed by atoms with Gasteiger partial charge in [-0.05, 0) is 43.3 Å². The summed E-state index contributed by atoms with van der Waals surface area (Å²) in [5.41, 5.74) is 0.870. The lowest BCUT2D eigenvalue weighted by atomic mass is 10.1. The van der Waals surface area contributed by atoms with Crippen LogP contribution in [-0.4, -0.2) is 18.9 Å². The molecule has 0 spiro atoms. The highest BCUT2D eigenvalue weighted by Crippen LogP contribution is 2.34. The standard InChI is InChI=1S/C23H18F2N2O4S/c1-12-14(8-9-31-12)22(28)27-18-10-13(6-7-16(18)24)26-23(29)21-15(11-30-2)20-17(25)4-3-5-19(20)32-21/h3-10H,11H2,1-2H3,(H,26,29)(H,27,28). The smallest absolute Gasteiger partial charge is 0.266 e. The molecule has 2 N–H and O–H groups in total. The number of carbonyl (C=O) groups is 2. The van der Waals surface area contributed by atoms with E-state index in [1.54, 1.807) is 19.1 Å². The fourth-order valence-corrected chi connectivity index (χ4v) is 4.45. The van der Waals surface area contributed by atoms with Crippen molar-refractivity contribution in [1.29, 1.82) is 0 Å². The van der Waals surface area contributed by atoms with Gasteiger partial charge < -0.3 is 19.8 Å². The number of fused-ring (bicyclic) bond motifs is 1. The Bertz CT molecular complexity index is 1330. The van der Waals surface area contributed by atoms with Crippen molar-refractivity contribution in [2.24, 2.45) is 0 Å². The summed E-state index contributed by atoms with van der Waals surface area (Å²) in [6.07, 6.45) is 1.36. The largest absolute Gasteiger partial charge is 0.469 e. The van der Waals surface area contributed by atoms with E-state index in [2.05, 4.69) is 10.6 Å². The van der Waals surface area contributed by atoms with Crippen molar-refractivity contribution >= 4 is 44.6 Å². The minimum atomic E-state index is -0.665. The predicted molar refractivity (Wildman–Crippen MR) is 118 cm³/mol. The van der Waals surface area contributed by atoms with Gasteiger partial charge >= 0.3 is 0 Å². The normalized spacial score (nSPS) is 11.0. The van der Waals surface area contributed by atoms with Crippen molar-refractivity contribution in [1.82, 2.24) is 0 Å². The van der Waals surface area contributed by atoms with Gasteiger partial charge in [0.2, 0.25) is 0 Å². The zero-order chi connectivity index (χ0) is 22.8. The van der Waals surface area contributed by atoms with Crippen molar-refractivity contribution < 1.29 is 27.5 Å². The molecule has 0 saturated carbocycles. The van der Waals surface area contributed by atoms with Crippen molar-refractivity contribution in [2.75, 3.05) is 17.7 Å². The minimum Gasteiger partial charge on any atom is -0.469 e. The number of aryl methyl sites for hydroxylation is 1. The van der Waals surface area contributed by atoms with E-state index >= 15 is 0 Å². The zero-order valence-corrected chi connectivity index (χ0v) is 17.9. The Morgan fingerprint density at radius 2 is 1.88 bits per heavy atom. The number of hydrogen-bond donors (Lipinski definition) is 2. The second kappa shape index (κ2) is 8.89. The van der Waals surface area contributed by atoms with E-state index in [9.17, 15) is 18.4 Å². The molecule has 0 radical (unpaired) electrons. The number of benzene rings is 2. The van der Waals surface area contributed by atoms with Crippen LogP contribution in [0.15, 0.2) is 53.1 Å². The number of amides is 2. The monoisotopic (exact) mass is 456 g/mol. The molecule has 0 saturated heterocycles. The molecule has 32 heavy (non-hydrogen) atoms. The third kappa shape index (κ3) is 4.12.